The number of aromatic amines is 1. The fourth-order valence-electron chi connectivity index (χ4n) is 3.49. The topological polar surface area (TPSA) is 78.5 Å². The number of hydrogen-bond donors (Lipinski definition) is 2. The molecular formula is C20H21N3O3. The summed E-state index contributed by atoms with van der Waals surface area (Å²) in [6.07, 6.45) is 5.15. The van der Waals surface area contributed by atoms with Gasteiger partial charge in [-0.25, -0.2) is 0 Å². The molecule has 2 aromatic rings. The number of likely N-dealkylation sites (tertiary alicyclic amines) is 1. The molecule has 0 spiro atoms. The molecular weight excluding hydrogens is 330 g/mol. The summed E-state index contributed by atoms with van der Waals surface area (Å²) in [5.41, 5.74) is 3.33. The number of carbonyl (C=O) groups is 1. The third-order valence-corrected chi connectivity index (χ3v) is 4.84. The van der Waals surface area contributed by atoms with Crippen LogP contribution in [0.2, 0.25) is 0 Å². The molecule has 1 fully saturated rings. The number of benzene rings is 1. The number of rotatable bonds is 3. The number of carbonyl (C=O) groups excluding carboxylic acids is 1. The van der Waals surface area contributed by atoms with Crippen molar-refractivity contribution in [3.05, 3.63) is 65.2 Å². The van der Waals surface area contributed by atoms with Gasteiger partial charge in [0.15, 0.2) is 0 Å². The number of nitrogens with one attached hydrogen (secondary N) is 1. The minimum absolute atomic E-state index is 0.0134. The summed E-state index contributed by atoms with van der Waals surface area (Å²) in [5, 5.41) is 17.5. The number of nitrogens with zero attached hydrogens (tertiary/aromatic N) is 2. The van der Waals surface area contributed by atoms with Crippen molar-refractivity contribution < 1.29 is 14.6 Å². The molecule has 2 N–H and O–H groups in total. The Hall–Kier alpha value is -2.86. The molecule has 0 unspecified atom stereocenters. The Morgan fingerprint density at radius 1 is 1.38 bits per heavy atom. The molecule has 1 amide bonds. The van der Waals surface area contributed by atoms with Crippen molar-refractivity contribution in [3.63, 3.8) is 0 Å². The number of aliphatic hydroxyl groups excluding tert-OH is 1. The first-order chi connectivity index (χ1) is 12.6. The van der Waals surface area contributed by atoms with E-state index in [4.69, 9.17) is 4.74 Å². The first-order valence-electron chi connectivity index (χ1n) is 8.72. The predicted molar refractivity (Wildman–Crippen MR) is 97.3 cm³/mol. The smallest absolute Gasteiger partial charge is 0.254 e. The Labute approximate surface area is 151 Å². The van der Waals surface area contributed by atoms with Crippen LogP contribution in [0.15, 0.2) is 48.2 Å². The molecule has 26 heavy (non-hydrogen) atoms. The van der Waals surface area contributed by atoms with Crippen LogP contribution < -0.4 is 4.74 Å². The van der Waals surface area contributed by atoms with E-state index >= 15 is 0 Å². The lowest BCUT2D eigenvalue weighted by Crippen LogP contribution is -2.30. The van der Waals surface area contributed by atoms with E-state index in [1.807, 2.05) is 43.3 Å². The van der Waals surface area contributed by atoms with Gasteiger partial charge >= 0.3 is 0 Å². The molecule has 134 valence electrons. The van der Waals surface area contributed by atoms with Crippen LogP contribution in [0.25, 0.3) is 6.08 Å². The first-order valence-corrected chi connectivity index (χ1v) is 8.72. The maximum absolute atomic E-state index is 12.9. The minimum atomic E-state index is -0.546. The lowest BCUT2D eigenvalue weighted by atomic mass is 10.00. The fourth-order valence-corrected chi connectivity index (χ4v) is 3.49. The lowest BCUT2D eigenvalue weighted by Gasteiger charge is -2.16. The number of fused-ring (bicyclic) bond motifs is 1. The number of amides is 1. The largest absolute Gasteiger partial charge is 0.464 e. The summed E-state index contributed by atoms with van der Waals surface area (Å²) >= 11 is 0. The van der Waals surface area contributed by atoms with Gasteiger partial charge < -0.3 is 14.7 Å². The average molecular weight is 351 g/mol. The summed E-state index contributed by atoms with van der Waals surface area (Å²) in [6, 6.07) is 9.56. The average Bonchev–Trinajstić information content (AvgIpc) is 3.12. The molecule has 1 aromatic heterocycles. The van der Waals surface area contributed by atoms with Gasteiger partial charge in [0.2, 0.25) is 0 Å². The van der Waals surface area contributed by atoms with E-state index in [1.54, 1.807) is 11.0 Å². The Bertz CT molecular complexity index is 884. The fraction of sp³-hybridized carbons (Fsp3) is 0.300. The zero-order valence-electron chi connectivity index (χ0n) is 14.6. The van der Waals surface area contributed by atoms with Crippen molar-refractivity contribution in [2.45, 2.75) is 19.4 Å². The number of aryl methyl sites for hydroxylation is 1. The second kappa shape index (κ2) is 6.80. The molecule has 2 atom stereocenters. The SMILES string of the molecule is Cc1cc(C[C@@H]2CN(C(=O)C3=Cc4ccccc4OC=C3)C[C@H]2O)n[nH]1. The molecule has 1 aromatic carbocycles. The normalized spacial score (nSPS) is 21.8. The van der Waals surface area contributed by atoms with E-state index in [9.17, 15) is 9.90 Å². The van der Waals surface area contributed by atoms with Crippen LogP contribution in [0, 0.1) is 12.8 Å². The Balaban J connectivity index is 1.49. The molecule has 4 rings (SSSR count). The molecule has 1 saturated heterocycles. The standard InChI is InChI=1S/C20H21N3O3/c1-13-8-17(22-21-13)10-16-11-23(12-18(16)24)20(25)15-6-7-26-19-5-3-2-4-14(19)9-15/h2-9,16,18,24H,10-12H2,1H3,(H,21,22)/t16-,18-/m1/s1. The van der Waals surface area contributed by atoms with Gasteiger partial charge in [-0.15, -0.1) is 0 Å². The van der Waals surface area contributed by atoms with Crippen LogP contribution in [0.3, 0.4) is 0 Å². The Morgan fingerprint density at radius 2 is 2.23 bits per heavy atom. The van der Waals surface area contributed by atoms with Crippen molar-refractivity contribution >= 4 is 12.0 Å². The van der Waals surface area contributed by atoms with Crippen LogP contribution in [0.5, 0.6) is 5.75 Å². The van der Waals surface area contributed by atoms with Crippen LogP contribution >= 0.6 is 0 Å². The summed E-state index contributed by atoms with van der Waals surface area (Å²) in [6.45, 7) is 2.79. The molecule has 6 heteroatoms. The number of aliphatic hydroxyl groups is 1. The number of hydrogen-bond acceptors (Lipinski definition) is 4. The number of para-hydroxylation sites is 1. The maximum atomic E-state index is 12.9. The van der Waals surface area contributed by atoms with Crippen LogP contribution in [0.1, 0.15) is 17.0 Å². The van der Waals surface area contributed by atoms with Crippen LogP contribution in [-0.2, 0) is 11.2 Å². The maximum Gasteiger partial charge on any atom is 0.254 e. The van der Waals surface area contributed by atoms with E-state index in [0.29, 0.717) is 25.1 Å². The number of ether oxygens (including phenoxy) is 1. The summed E-state index contributed by atoms with van der Waals surface area (Å²) < 4.78 is 5.55. The molecule has 0 radical (unpaired) electrons. The van der Waals surface area contributed by atoms with Crippen LogP contribution in [-0.4, -0.2) is 45.3 Å². The Morgan fingerprint density at radius 3 is 3.04 bits per heavy atom. The van der Waals surface area contributed by atoms with Gasteiger partial charge in [0, 0.05) is 35.8 Å². The highest BCUT2D eigenvalue weighted by Gasteiger charge is 2.35. The summed E-state index contributed by atoms with van der Waals surface area (Å²) in [7, 11) is 0. The van der Waals surface area contributed by atoms with E-state index in [0.717, 1.165) is 22.7 Å². The molecule has 2 aliphatic rings. The van der Waals surface area contributed by atoms with Crippen molar-refractivity contribution in [1.82, 2.24) is 15.1 Å². The monoisotopic (exact) mass is 351 g/mol. The van der Waals surface area contributed by atoms with Crippen molar-refractivity contribution in [2.24, 2.45) is 5.92 Å². The summed E-state index contributed by atoms with van der Waals surface area (Å²) in [5.74, 6) is 0.613. The highest BCUT2D eigenvalue weighted by molar-refractivity contribution is 6.01. The van der Waals surface area contributed by atoms with E-state index in [2.05, 4.69) is 10.2 Å². The second-order valence-electron chi connectivity index (χ2n) is 6.84. The van der Waals surface area contributed by atoms with Crippen molar-refractivity contribution in [1.29, 1.82) is 0 Å². The van der Waals surface area contributed by atoms with Gasteiger partial charge in [0.05, 0.1) is 18.1 Å². The highest BCUT2D eigenvalue weighted by Crippen LogP contribution is 2.27. The molecule has 0 saturated carbocycles. The highest BCUT2D eigenvalue weighted by atomic mass is 16.5. The van der Waals surface area contributed by atoms with Crippen molar-refractivity contribution in [2.75, 3.05) is 13.1 Å². The quantitative estimate of drug-likeness (QED) is 0.887. The number of H-pyrrole nitrogens is 1. The van der Waals surface area contributed by atoms with E-state index < -0.39 is 6.10 Å². The third kappa shape index (κ3) is 3.28. The molecule has 3 heterocycles. The van der Waals surface area contributed by atoms with Gasteiger partial charge in [0.1, 0.15) is 5.75 Å². The molecule has 0 aliphatic carbocycles. The second-order valence-corrected chi connectivity index (χ2v) is 6.84. The summed E-state index contributed by atoms with van der Waals surface area (Å²) in [4.78, 5) is 14.6. The van der Waals surface area contributed by atoms with Gasteiger partial charge in [-0.05, 0) is 37.6 Å². The molecule has 6 nitrogen and oxygen atoms in total. The van der Waals surface area contributed by atoms with Gasteiger partial charge in [-0.3, -0.25) is 9.89 Å². The minimum Gasteiger partial charge on any atom is -0.464 e. The zero-order chi connectivity index (χ0) is 18.1. The number of aromatic nitrogens is 2. The van der Waals surface area contributed by atoms with E-state index in [-0.39, 0.29) is 11.8 Å². The third-order valence-electron chi connectivity index (χ3n) is 4.84. The van der Waals surface area contributed by atoms with E-state index in [1.165, 1.54) is 6.26 Å². The van der Waals surface area contributed by atoms with Gasteiger partial charge in [-0.1, -0.05) is 18.2 Å². The van der Waals surface area contributed by atoms with Crippen LogP contribution in [0.4, 0.5) is 0 Å². The lowest BCUT2D eigenvalue weighted by molar-refractivity contribution is -0.126. The van der Waals surface area contributed by atoms with Crippen molar-refractivity contribution in [3.8, 4) is 5.75 Å². The molecule has 2 aliphatic heterocycles. The molecule has 0 bridgehead atoms. The first kappa shape index (κ1) is 16.6. The van der Waals surface area contributed by atoms with Gasteiger partial charge in [-0.2, -0.15) is 5.10 Å². The van der Waals surface area contributed by atoms with Gasteiger partial charge in [0.25, 0.3) is 5.91 Å². The zero-order valence-corrected chi connectivity index (χ0v) is 14.6. The predicted octanol–water partition coefficient (Wildman–Crippen LogP) is 2.07. The number of β-amino-alcohol motifs (C(OH)–C–C–N with tert-alkyl or cyclic N) is 1. The Kier molecular flexibility index (Phi) is 4.34.